The average molecular weight is 225 g/mol. The number of nitrogen functional groups attached to an aromatic ring is 1. The van der Waals surface area contributed by atoms with Crippen molar-refractivity contribution in [2.24, 2.45) is 0 Å². The predicted octanol–water partition coefficient (Wildman–Crippen LogP) is 2.52. The molecule has 17 heavy (non-hydrogen) atoms. The highest BCUT2D eigenvalue weighted by Gasteiger charge is 2.05. The summed E-state index contributed by atoms with van der Waals surface area (Å²) in [5.74, 6) is 0.253. The Bertz CT molecular complexity index is 688. The highest BCUT2D eigenvalue weighted by atomic mass is 16.3. The van der Waals surface area contributed by atoms with Crippen molar-refractivity contribution in [2.45, 2.75) is 0 Å². The molecule has 0 fully saturated rings. The van der Waals surface area contributed by atoms with Crippen LogP contribution < -0.4 is 5.73 Å². The lowest BCUT2D eigenvalue weighted by Crippen LogP contribution is -1.88. The van der Waals surface area contributed by atoms with Crippen molar-refractivity contribution in [3.05, 3.63) is 42.6 Å². The van der Waals surface area contributed by atoms with E-state index in [4.69, 9.17) is 5.73 Å². The number of hydrogen-bond donors (Lipinski definition) is 3. The number of benzene rings is 1. The largest absolute Gasteiger partial charge is 0.508 e. The molecule has 0 radical (unpaired) electrons. The molecule has 2 aromatic heterocycles. The van der Waals surface area contributed by atoms with Crippen LogP contribution in [0.15, 0.2) is 42.6 Å². The van der Waals surface area contributed by atoms with Crippen molar-refractivity contribution in [3.8, 4) is 17.1 Å². The summed E-state index contributed by atoms with van der Waals surface area (Å²) in [6, 6.07) is 10.7. The Morgan fingerprint density at radius 3 is 2.82 bits per heavy atom. The van der Waals surface area contributed by atoms with Crippen LogP contribution in [0.3, 0.4) is 0 Å². The van der Waals surface area contributed by atoms with Crippen molar-refractivity contribution in [3.63, 3.8) is 0 Å². The van der Waals surface area contributed by atoms with Crippen molar-refractivity contribution in [1.82, 2.24) is 9.97 Å². The zero-order chi connectivity index (χ0) is 11.8. The van der Waals surface area contributed by atoms with E-state index < -0.39 is 0 Å². The average Bonchev–Trinajstić information content (AvgIpc) is 2.72. The van der Waals surface area contributed by atoms with Crippen LogP contribution in [0, 0.1) is 0 Å². The minimum absolute atomic E-state index is 0.253. The molecule has 0 aliphatic rings. The fraction of sp³-hybridized carbons (Fsp3) is 0. The molecular weight excluding hydrogens is 214 g/mol. The summed E-state index contributed by atoms with van der Waals surface area (Å²) >= 11 is 0. The molecule has 0 saturated heterocycles. The number of nitrogens with zero attached hydrogens (tertiary/aromatic N) is 1. The quantitative estimate of drug-likeness (QED) is 0.595. The molecule has 3 rings (SSSR count). The number of nitrogens with one attached hydrogen (secondary N) is 1. The monoisotopic (exact) mass is 225 g/mol. The molecule has 2 heterocycles. The van der Waals surface area contributed by atoms with Gasteiger partial charge in [-0.05, 0) is 36.4 Å². The minimum atomic E-state index is 0.253. The summed E-state index contributed by atoms with van der Waals surface area (Å²) in [7, 11) is 0. The molecule has 4 nitrogen and oxygen atoms in total. The number of aromatic hydroxyl groups is 1. The Labute approximate surface area is 97.7 Å². The number of pyridine rings is 1. The molecule has 0 atom stereocenters. The van der Waals surface area contributed by atoms with Gasteiger partial charge >= 0.3 is 0 Å². The van der Waals surface area contributed by atoms with Gasteiger partial charge in [-0.3, -0.25) is 4.98 Å². The van der Waals surface area contributed by atoms with E-state index >= 15 is 0 Å². The maximum absolute atomic E-state index is 9.40. The summed E-state index contributed by atoms with van der Waals surface area (Å²) < 4.78 is 0. The summed E-state index contributed by atoms with van der Waals surface area (Å²) in [6.07, 6.45) is 1.67. The number of aromatic nitrogens is 2. The number of fused-ring (bicyclic) bond motifs is 1. The highest BCUT2D eigenvalue weighted by molar-refractivity contribution is 5.86. The lowest BCUT2D eigenvalue weighted by molar-refractivity contribution is 0.476. The summed E-state index contributed by atoms with van der Waals surface area (Å²) in [6.45, 7) is 0. The van der Waals surface area contributed by atoms with Crippen LogP contribution in [0.1, 0.15) is 0 Å². The zero-order valence-corrected chi connectivity index (χ0v) is 9.01. The lowest BCUT2D eigenvalue weighted by atomic mass is 10.2. The number of phenols is 1. The van der Waals surface area contributed by atoms with Gasteiger partial charge in [0.25, 0.3) is 0 Å². The molecule has 84 valence electrons. The third kappa shape index (κ3) is 1.69. The topological polar surface area (TPSA) is 74.9 Å². The fourth-order valence-corrected chi connectivity index (χ4v) is 1.85. The van der Waals surface area contributed by atoms with Gasteiger partial charge in [-0.2, -0.15) is 0 Å². The standard InChI is InChI=1S/C13H11N3O/c14-9-3-4-15-12(7-9)13-6-8-5-10(17)1-2-11(8)16-13/h1-7,16-17H,(H2,14,15). The molecule has 0 bridgehead atoms. The third-order valence-electron chi connectivity index (χ3n) is 2.66. The lowest BCUT2D eigenvalue weighted by Gasteiger charge is -1.97. The normalized spacial score (nSPS) is 10.8. The highest BCUT2D eigenvalue weighted by Crippen LogP contribution is 2.26. The first-order chi connectivity index (χ1) is 8.22. The summed E-state index contributed by atoms with van der Waals surface area (Å²) in [4.78, 5) is 7.49. The van der Waals surface area contributed by atoms with Crippen molar-refractivity contribution in [2.75, 3.05) is 5.73 Å². The minimum Gasteiger partial charge on any atom is -0.508 e. The molecule has 1 aromatic carbocycles. The first-order valence-corrected chi connectivity index (χ1v) is 5.26. The maximum Gasteiger partial charge on any atom is 0.116 e. The number of rotatable bonds is 1. The second kappa shape index (κ2) is 3.52. The van der Waals surface area contributed by atoms with Gasteiger partial charge in [-0.1, -0.05) is 0 Å². The number of anilines is 1. The van der Waals surface area contributed by atoms with Gasteiger partial charge in [0.15, 0.2) is 0 Å². The molecule has 0 amide bonds. The fourth-order valence-electron chi connectivity index (χ4n) is 1.85. The van der Waals surface area contributed by atoms with Crippen LogP contribution in [0.25, 0.3) is 22.3 Å². The molecule has 4 N–H and O–H groups in total. The number of phenolic OH excluding ortho intramolecular Hbond substituents is 1. The van der Waals surface area contributed by atoms with E-state index in [0.717, 1.165) is 22.3 Å². The molecule has 0 aliphatic carbocycles. The second-order valence-electron chi connectivity index (χ2n) is 3.93. The number of H-pyrrole nitrogens is 1. The van der Waals surface area contributed by atoms with Crippen LogP contribution in [0.5, 0.6) is 5.75 Å². The van der Waals surface area contributed by atoms with E-state index in [-0.39, 0.29) is 5.75 Å². The van der Waals surface area contributed by atoms with Crippen LogP contribution >= 0.6 is 0 Å². The van der Waals surface area contributed by atoms with E-state index in [1.807, 2.05) is 18.2 Å². The van der Waals surface area contributed by atoms with Crippen LogP contribution in [0.2, 0.25) is 0 Å². The van der Waals surface area contributed by atoms with Gasteiger partial charge in [0, 0.05) is 22.8 Å². The van der Waals surface area contributed by atoms with Crippen LogP contribution in [-0.2, 0) is 0 Å². The molecular formula is C13H11N3O. The van der Waals surface area contributed by atoms with Gasteiger partial charge in [0.05, 0.1) is 11.4 Å². The Kier molecular flexibility index (Phi) is 2.01. The molecule has 0 saturated carbocycles. The van der Waals surface area contributed by atoms with Crippen molar-refractivity contribution in [1.29, 1.82) is 0 Å². The van der Waals surface area contributed by atoms with Crippen LogP contribution in [-0.4, -0.2) is 15.1 Å². The first kappa shape index (κ1) is 9.72. The molecule has 0 aliphatic heterocycles. The maximum atomic E-state index is 9.40. The van der Waals surface area contributed by atoms with Gasteiger partial charge in [-0.25, -0.2) is 0 Å². The van der Waals surface area contributed by atoms with Gasteiger partial charge < -0.3 is 15.8 Å². The van der Waals surface area contributed by atoms with E-state index in [1.165, 1.54) is 0 Å². The Balaban J connectivity index is 2.18. The summed E-state index contributed by atoms with van der Waals surface area (Å²) in [5, 5.41) is 10.4. The van der Waals surface area contributed by atoms with E-state index in [2.05, 4.69) is 9.97 Å². The molecule has 3 aromatic rings. The Hall–Kier alpha value is -2.49. The Morgan fingerprint density at radius 2 is 2.00 bits per heavy atom. The summed E-state index contributed by atoms with van der Waals surface area (Å²) in [5.41, 5.74) is 9.04. The van der Waals surface area contributed by atoms with Gasteiger partial charge in [0.1, 0.15) is 5.75 Å². The van der Waals surface area contributed by atoms with E-state index in [1.54, 1.807) is 24.4 Å². The zero-order valence-electron chi connectivity index (χ0n) is 9.01. The first-order valence-electron chi connectivity index (χ1n) is 5.26. The van der Waals surface area contributed by atoms with E-state index in [9.17, 15) is 5.11 Å². The SMILES string of the molecule is Nc1ccnc(-c2cc3cc(O)ccc3[nH]2)c1. The molecule has 0 spiro atoms. The predicted molar refractivity (Wildman–Crippen MR) is 67.6 cm³/mol. The smallest absolute Gasteiger partial charge is 0.116 e. The van der Waals surface area contributed by atoms with Crippen molar-refractivity contribution < 1.29 is 5.11 Å². The van der Waals surface area contributed by atoms with Crippen LogP contribution in [0.4, 0.5) is 5.69 Å². The number of nitrogens with two attached hydrogens (primary N) is 1. The van der Waals surface area contributed by atoms with Crippen molar-refractivity contribution >= 4 is 16.6 Å². The number of aromatic amines is 1. The van der Waals surface area contributed by atoms with E-state index in [0.29, 0.717) is 5.69 Å². The Morgan fingerprint density at radius 1 is 1.12 bits per heavy atom. The van der Waals surface area contributed by atoms with Gasteiger partial charge in [-0.15, -0.1) is 0 Å². The van der Waals surface area contributed by atoms with Gasteiger partial charge in [0.2, 0.25) is 0 Å². The third-order valence-corrected chi connectivity index (χ3v) is 2.66. The number of hydrogen-bond acceptors (Lipinski definition) is 3. The molecule has 0 unspecified atom stereocenters. The molecule has 4 heteroatoms. The second-order valence-corrected chi connectivity index (χ2v) is 3.93.